The molecule has 6 nitrogen and oxygen atoms in total. The van der Waals surface area contributed by atoms with Crippen LogP contribution < -0.4 is 10.6 Å². The Morgan fingerprint density at radius 2 is 2.24 bits per heavy atom. The Morgan fingerprint density at radius 1 is 1.38 bits per heavy atom. The third-order valence-electron chi connectivity index (χ3n) is 3.84. The van der Waals surface area contributed by atoms with Crippen molar-refractivity contribution in [2.75, 3.05) is 31.5 Å². The summed E-state index contributed by atoms with van der Waals surface area (Å²) in [5.41, 5.74) is 0.373. The Labute approximate surface area is 126 Å². The van der Waals surface area contributed by atoms with E-state index in [1.54, 1.807) is 6.20 Å². The molecule has 1 aromatic heterocycles. The van der Waals surface area contributed by atoms with Crippen molar-refractivity contribution in [3.05, 3.63) is 18.1 Å². The van der Waals surface area contributed by atoms with Crippen molar-refractivity contribution in [2.24, 2.45) is 0 Å². The average molecular weight is 291 g/mol. The molecule has 0 saturated carbocycles. The van der Waals surface area contributed by atoms with E-state index >= 15 is 0 Å². The van der Waals surface area contributed by atoms with Crippen molar-refractivity contribution in [3.8, 4) is 0 Å². The van der Waals surface area contributed by atoms with E-state index in [-0.39, 0.29) is 5.91 Å². The summed E-state index contributed by atoms with van der Waals surface area (Å²) in [6.07, 6.45) is 6.53. The predicted molar refractivity (Wildman–Crippen MR) is 83.4 cm³/mol. The van der Waals surface area contributed by atoms with Gasteiger partial charge < -0.3 is 10.6 Å². The minimum Gasteiger partial charge on any atom is -0.369 e. The second-order valence-electron chi connectivity index (χ2n) is 5.35. The van der Waals surface area contributed by atoms with Crippen molar-refractivity contribution in [3.63, 3.8) is 0 Å². The molecule has 0 aliphatic carbocycles. The highest BCUT2D eigenvalue weighted by Crippen LogP contribution is 2.15. The van der Waals surface area contributed by atoms with Crippen LogP contribution in [0.1, 0.15) is 43.6 Å². The van der Waals surface area contributed by atoms with Gasteiger partial charge in [0, 0.05) is 19.1 Å². The fourth-order valence-electron chi connectivity index (χ4n) is 2.63. The standard InChI is InChI=1S/C15H25N5O/c1-3-7-16-14-11-17-13(10-18-14)15(21)19-9-12-6-5-8-20(12)4-2/h10-12H,3-9H2,1-2H3,(H,16,18)(H,19,21). The van der Waals surface area contributed by atoms with Gasteiger partial charge in [0.25, 0.3) is 5.91 Å². The lowest BCUT2D eigenvalue weighted by Crippen LogP contribution is -2.40. The van der Waals surface area contributed by atoms with Gasteiger partial charge in [0.2, 0.25) is 0 Å². The molecule has 1 aliphatic rings. The first kappa shape index (κ1) is 15.7. The molecule has 1 amide bonds. The third kappa shape index (κ3) is 4.39. The van der Waals surface area contributed by atoms with Crippen molar-refractivity contribution < 1.29 is 4.79 Å². The second kappa shape index (κ2) is 7.93. The number of nitrogens with one attached hydrogen (secondary N) is 2. The lowest BCUT2D eigenvalue weighted by Gasteiger charge is -2.22. The maximum Gasteiger partial charge on any atom is 0.271 e. The minimum atomic E-state index is -0.146. The van der Waals surface area contributed by atoms with Crippen molar-refractivity contribution in [1.29, 1.82) is 0 Å². The maximum absolute atomic E-state index is 12.1. The Morgan fingerprint density at radius 3 is 2.90 bits per heavy atom. The lowest BCUT2D eigenvalue weighted by molar-refractivity contribution is 0.0936. The summed E-state index contributed by atoms with van der Waals surface area (Å²) in [7, 11) is 0. The Kier molecular flexibility index (Phi) is 5.92. The molecule has 0 bridgehead atoms. The van der Waals surface area contributed by atoms with Crippen LogP contribution in [-0.2, 0) is 0 Å². The fraction of sp³-hybridized carbons (Fsp3) is 0.667. The van der Waals surface area contributed by atoms with Crippen LogP contribution in [0.2, 0.25) is 0 Å². The van der Waals surface area contributed by atoms with Crippen LogP contribution in [0.3, 0.4) is 0 Å². The molecule has 0 radical (unpaired) electrons. The molecule has 1 unspecified atom stereocenters. The zero-order valence-electron chi connectivity index (χ0n) is 12.9. The summed E-state index contributed by atoms with van der Waals surface area (Å²) >= 11 is 0. The molecular weight excluding hydrogens is 266 g/mol. The quantitative estimate of drug-likeness (QED) is 0.797. The van der Waals surface area contributed by atoms with E-state index in [0.29, 0.717) is 24.1 Å². The SMILES string of the molecule is CCCNc1cnc(C(=O)NCC2CCCN2CC)cn1. The summed E-state index contributed by atoms with van der Waals surface area (Å²) < 4.78 is 0. The molecule has 0 spiro atoms. The highest BCUT2D eigenvalue weighted by molar-refractivity contribution is 5.92. The van der Waals surface area contributed by atoms with Crippen LogP contribution >= 0.6 is 0 Å². The normalized spacial score (nSPS) is 18.7. The first-order chi connectivity index (χ1) is 10.2. The van der Waals surface area contributed by atoms with Gasteiger partial charge in [-0.05, 0) is 32.4 Å². The zero-order valence-corrected chi connectivity index (χ0v) is 12.9. The van der Waals surface area contributed by atoms with Crippen LogP contribution in [0, 0.1) is 0 Å². The third-order valence-corrected chi connectivity index (χ3v) is 3.84. The van der Waals surface area contributed by atoms with E-state index in [4.69, 9.17) is 0 Å². The number of carbonyl (C=O) groups excluding carboxylic acids is 1. The van der Waals surface area contributed by atoms with E-state index in [1.165, 1.54) is 12.6 Å². The van der Waals surface area contributed by atoms with Gasteiger partial charge in [-0.2, -0.15) is 0 Å². The molecule has 1 fully saturated rings. The van der Waals surface area contributed by atoms with Crippen molar-refractivity contribution >= 4 is 11.7 Å². The predicted octanol–water partition coefficient (Wildman–Crippen LogP) is 1.51. The highest BCUT2D eigenvalue weighted by atomic mass is 16.1. The van der Waals surface area contributed by atoms with Crippen LogP contribution in [0.15, 0.2) is 12.4 Å². The Bertz CT molecular complexity index is 448. The smallest absolute Gasteiger partial charge is 0.271 e. The van der Waals surface area contributed by atoms with Gasteiger partial charge in [-0.3, -0.25) is 9.69 Å². The Hall–Kier alpha value is -1.69. The molecule has 6 heteroatoms. The van der Waals surface area contributed by atoms with E-state index in [2.05, 4.69) is 39.3 Å². The zero-order chi connectivity index (χ0) is 15.1. The summed E-state index contributed by atoms with van der Waals surface area (Å²) in [5, 5.41) is 6.10. The van der Waals surface area contributed by atoms with Gasteiger partial charge in [0.1, 0.15) is 11.5 Å². The molecule has 0 aromatic carbocycles. The van der Waals surface area contributed by atoms with Gasteiger partial charge in [-0.25, -0.2) is 9.97 Å². The first-order valence-corrected chi connectivity index (χ1v) is 7.82. The monoisotopic (exact) mass is 291 g/mol. The molecule has 21 heavy (non-hydrogen) atoms. The molecular formula is C15H25N5O. The number of likely N-dealkylation sites (N-methyl/N-ethyl adjacent to an activating group) is 1. The summed E-state index contributed by atoms with van der Waals surface area (Å²) in [4.78, 5) is 22.8. The van der Waals surface area contributed by atoms with Gasteiger partial charge in [0.15, 0.2) is 0 Å². The molecule has 2 N–H and O–H groups in total. The van der Waals surface area contributed by atoms with Crippen LogP contribution in [0.5, 0.6) is 0 Å². The summed E-state index contributed by atoms with van der Waals surface area (Å²) in [6.45, 7) is 7.96. The number of rotatable bonds is 7. The number of hydrogen-bond acceptors (Lipinski definition) is 5. The van der Waals surface area contributed by atoms with Crippen LogP contribution in [0.4, 0.5) is 5.82 Å². The molecule has 116 valence electrons. The highest BCUT2D eigenvalue weighted by Gasteiger charge is 2.23. The van der Waals surface area contributed by atoms with Crippen molar-refractivity contribution in [2.45, 2.75) is 39.2 Å². The number of hydrogen-bond donors (Lipinski definition) is 2. The largest absolute Gasteiger partial charge is 0.369 e. The molecule has 1 saturated heterocycles. The van der Waals surface area contributed by atoms with Gasteiger partial charge in [0.05, 0.1) is 12.4 Å². The number of aromatic nitrogens is 2. The van der Waals surface area contributed by atoms with E-state index in [9.17, 15) is 4.79 Å². The number of anilines is 1. The molecule has 1 atom stereocenters. The average Bonchev–Trinajstić information content (AvgIpc) is 2.98. The second-order valence-corrected chi connectivity index (χ2v) is 5.35. The number of amides is 1. The first-order valence-electron chi connectivity index (χ1n) is 7.82. The number of nitrogens with zero attached hydrogens (tertiary/aromatic N) is 3. The molecule has 1 aromatic rings. The molecule has 1 aliphatic heterocycles. The number of carbonyl (C=O) groups is 1. The lowest BCUT2D eigenvalue weighted by atomic mass is 10.2. The van der Waals surface area contributed by atoms with E-state index in [1.807, 2.05) is 0 Å². The van der Waals surface area contributed by atoms with Crippen LogP contribution in [0.25, 0.3) is 0 Å². The maximum atomic E-state index is 12.1. The van der Waals surface area contributed by atoms with Crippen molar-refractivity contribution in [1.82, 2.24) is 20.2 Å². The van der Waals surface area contributed by atoms with Gasteiger partial charge in [-0.1, -0.05) is 13.8 Å². The minimum absolute atomic E-state index is 0.146. The molecule has 2 rings (SSSR count). The Balaban J connectivity index is 1.82. The van der Waals surface area contributed by atoms with Gasteiger partial charge in [-0.15, -0.1) is 0 Å². The van der Waals surface area contributed by atoms with Crippen LogP contribution in [-0.4, -0.2) is 53.0 Å². The van der Waals surface area contributed by atoms with E-state index in [0.717, 1.165) is 32.5 Å². The topological polar surface area (TPSA) is 70.2 Å². The molecule has 2 heterocycles. The fourth-order valence-corrected chi connectivity index (χ4v) is 2.63. The number of likely N-dealkylation sites (tertiary alicyclic amines) is 1. The van der Waals surface area contributed by atoms with E-state index < -0.39 is 0 Å². The summed E-state index contributed by atoms with van der Waals surface area (Å²) in [6, 6.07) is 0.456. The van der Waals surface area contributed by atoms with Gasteiger partial charge >= 0.3 is 0 Å². The summed E-state index contributed by atoms with van der Waals surface area (Å²) in [5.74, 6) is 0.564.